The van der Waals surface area contributed by atoms with Gasteiger partial charge in [-0.05, 0) is 40.5 Å². The number of hydrogen-bond donors (Lipinski definition) is 1. The lowest BCUT2D eigenvalue weighted by atomic mass is 10.2. The molecule has 1 heterocycles. The van der Waals surface area contributed by atoms with Crippen LogP contribution in [0.25, 0.3) is 0 Å². The summed E-state index contributed by atoms with van der Waals surface area (Å²) in [6, 6.07) is 5.22. The van der Waals surface area contributed by atoms with E-state index in [1.807, 2.05) is 0 Å². The molecule has 0 atom stereocenters. The number of benzene rings is 1. The van der Waals surface area contributed by atoms with Gasteiger partial charge in [0.15, 0.2) is 0 Å². The van der Waals surface area contributed by atoms with Gasteiger partial charge in [0.05, 0.1) is 19.2 Å². The summed E-state index contributed by atoms with van der Waals surface area (Å²) in [5.74, 6) is 0.332. The van der Waals surface area contributed by atoms with Crippen molar-refractivity contribution in [3.05, 3.63) is 28.2 Å². The van der Waals surface area contributed by atoms with Crippen LogP contribution in [0.2, 0.25) is 0 Å². The molecule has 1 aliphatic heterocycles. The van der Waals surface area contributed by atoms with Crippen LogP contribution in [0.5, 0.6) is 5.75 Å². The minimum absolute atomic E-state index is 0.0997. The number of rotatable bonds is 2. The molecule has 1 N–H and O–H groups in total. The van der Waals surface area contributed by atoms with Crippen LogP contribution in [0, 0.1) is 0 Å². The molecule has 0 radical (unpaired) electrons. The normalized spacial score (nSPS) is 15.7. The number of hydrogen-bond acceptors (Lipinski definition) is 3. The van der Waals surface area contributed by atoms with Gasteiger partial charge in [-0.1, -0.05) is 0 Å². The molecule has 2 amide bonds. The summed E-state index contributed by atoms with van der Waals surface area (Å²) >= 11 is 3.36. The number of nitrogens with zero attached hydrogens (tertiary/aromatic N) is 1. The van der Waals surface area contributed by atoms with Crippen molar-refractivity contribution >= 4 is 27.7 Å². The maximum Gasteiger partial charge on any atom is 0.255 e. The highest BCUT2D eigenvalue weighted by Gasteiger charge is 2.22. The Bertz CT molecular complexity index is 505. The Morgan fingerprint density at radius 1 is 1.47 bits per heavy atom. The van der Waals surface area contributed by atoms with E-state index in [9.17, 15) is 9.59 Å². The number of ether oxygens (including phenoxy) is 1. The zero-order chi connectivity index (χ0) is 13.8. The third-order valence-corrected chi connectivity index (χ3v) is 3.64. The lowest BCUT2D eigenvalue weighted by Crippen LogP contribution is -2.37. The minimum Gasteiger partial charge on any atom is -0.497 e. The van der Waals surface area contributed by atoms with E-state index in [0.717, 1.165) is 6.42 Å². The van der Waals surface area contributed by atoms with Gasteiger partial charge in [-0.3, -0.25) is 9.59 Å². The summed E-state index contributed by atoms with van der Waals surface area (Å²) < 4.78 is 5.82. The highest BCUT2D eigenvalue weighted by Crippen LogP contribution is 2.24. The number of halogens is 1. The molecule has 1 saturated heterocycles. The van der Waals surface area contributed by atoms with Gasteiger partial charge in [-0.15, -0.1) is 0 Å². The Kier molecular flexibility index (Phi) is 4.42. The van der Waals surface area contributed by atoms with E-state index in [0.29, 0.717) is 28.9 Å². The fraction of sp³-hybridized carbons (Fsp3) is 0.385. The molecule has 2 rings (SSSR count). The minimum atomic E-state index is -0.164. The second kappa shape index (κ2) is 6.06. The van der Waals surface area contributed by atoms with E-state index in [2.05, 4.69) is 21.2 Å². The Morgan fingerprint density at radius 2 is 2.26 bits per heavy atom. The summed E-state index contributed by atoms with van der Waals surface area (Å²) in [6.45, 7) is 1.28. The molecule has 6 heteroatoms. The molecule has 0 bridgehead atoms. The first-order chi connectivity index (χ1) is 9.11. The van der Waals surface area contributed by atoms with E-state index >= 15 is 0 Å². The summed E-state index contributed by atoms with van der Waals surface area (Å²) in [4.78, 5) is 25.5. The molecule has 1 aromatic rings. The first-order valence-corrected chi connectivity index (χ1v) is 6.80. The Balaban J connectivity index is 2.24. The third kappa shape index (κ3) is 3.26. The van der Waals surface area contributed by atoms with Gasteiger partial charge in [0, 0.05) is 17.6 Å². The van der Waals surface area contributed by atoms with E-state index in [1.165, 1.54) is 0 Å². The monoisotopic (exact) mass is 326 g/mol. The number of carbonyl (C=O) groups is 2. The molecule has 0 unspecified atom stereocenters. The summed E-state index contributed by atoms with van der Waals surface area (Å²) in [5.41, 5.74) is 0.508. The number of methoxy groups -OCH3 is 1. The summed E-state index contributed by atoms with van der Waals surface area (Å²) in [6.07, 6.45) is 0.763. The van der Waals surface area contributed by atoms with Gasteiger partial charge in [-0.2, -0.15) is 0 Å². The van der Waals surface area contributed by atoms with Gasteiger partial charge in [-0.25, -0.2) is 0 Å². The van der Waals surface area contributed by atoms with Crippen molar-refractivity contribution in [3.63, 3.8) is 0 Å². The van der Waals surface area contributed by atoms with Crippen LogP contribution in [-0.2, 0) is 4.79 Å². The van der Waals surface area contributed by atoms with Gasteiger partial charge >= 0.3 is 0 Å². The van der Waals surface area contributed by atoms with Crippen molar-refractivity contribution in [1.82, 2.24) is 10.2 Å². The fourth-order valence-electron chi connectivity index (χ4n) is 1.94. The molecule has 0 spiro atoms. The molecule has 5 nitrogen and oxygen atoms in total. The number of nitrogens with one attached hydrogen (secondary N) is 1. The van der Waals surface area contributed by atoms with Gasteiger partial charge in [0.2, 0.25) is 5.91 Å². The van der Waals surface area contributed by atoms with Crippen molar-refractivity contribution in [2.75, 3.05) is 26.7 Å². The lowest BCUT2D eigenvalue weighted by Gasteiger charge is -2.20. The standard InChI is InChI=1S/C13H15BrN2O3/c1-19-9-3-4-11(14)10(7-9)13(18)16-6-2-5-15-12(17)8-16/h3-4,7H,2,5-6,8H2,1H3,(H,15,17). The van der Waals surface area contributed by atoms with Crippen molar-refractivity contribution in [2.24, 2.45) is 0 Å². The van der Waals surface area contributed by atoms with E-state index in [-0.39, 0.29) is 18.4 Å². The molecule has 102 valence electrons. The van der Waals surface area contributed by atoms with Crippen molar-refractivity contribution in [3.8, 4) is 5.75 Å². The van der Waals surface area contributed by atoms with E-state index < -0.39 is 0 Å². The highest BCUT2D eigenvalue weighted by atomic mass is 79.9. The van der Waals surface area contributed by atoms with Crippen LogP contribution >= 0.6 is 15.9 Å². The van der Waals surface area contributed by atoms with Crippen LogP contribution < -0.4 is 10.1 Å². The molecule has 0 aliphatic carbocycles. The quantitative estimate of drug-likeness (QED) is 0.894. The third-order valence-electron chi connectivity index (χ3n) is 2.95. The topological polar surface area (TPSA) is 58.6 Å². The fourth-order valence-corrected chi connectivity index (χ4v) is 2.36. The zero-order valence-corrected chi connectivity index (χ0v) is 12.2. The maximum atomic E-state index is 12.4. The Labute approximate surface area is 120 Å². The number of amides is 2. The molecule has 19 heavy (non-hydrogen) atoms. The van der Waals surface area contributed by atoms with Gasteiger partial charge in [0.25, 0.3) is 5.91 Å². The van der Waals surface area contributed by atoms with Crippen LogP contribution in [0.15, 0.2) is 22.7 Å². The molecular weight excluding hydrogens is 312 g/mol. The largest absolute Gasteiger partial charge is 0.497 e. The highest BCUT2D eigenvalue weighted by molar-refractivity contribution is 9.10. The molecule has 1 fully saturated rings. The van der Waals surface area contributed by atoms with Crippen LogP contribution in [0.4, 0.5) is 0 Å². The van der Waals surface area contributed by atoms with Crippen molar-refractivity contribution < 1.29 is 14.3 Å². The maximum absolute atomic E-state index is 12.4. The van der Waals surface area contributed by atoms with Gasteiger partial charge in [0.1, 0.15) is 5.75 Å². The first kappa shape index (κ1) is 13.9. The van der Waals surface area contributed by atoms with Crippen LogP contribution in [0.1, 0.15) is 16.8 Å². The van der Waals surface area contributed by atoms with Crippen LogP contribution in [-0.4, -0.2) is 43.5 Å². The van der Waals surface area contributed by atoms with Crippen LogP contribution in [0.3, 0.4) is 0 Å². The number of carbonyl (C=O) groups excluding carboxylic acids is 2. The Hall–Kier alpha value is -1.56. The smallest absolute Gasteiger partial charge is 0.255 e. The second-order valence-corrected chi connectivity index (χ2v) is 5.13. The zero-order valence-electron chi connectivity index (χ0n) is 10.6. The average molecular weight is 327 g/mol. The SMILES string of the molecule is COc1ccc(Br)c(C(=O)N2CCCNC(=O)C2)c1. The van der Waals surface area contributed by atoms with E-state index in [4.69, 9.17) is 4.74 Å². The van der Waals surface area contributed by atoms with Gasteiger partial charge < -0.3 is 15.0 Å². The Morgan fingerprint density at radius 3 is 3.00 bits per heavy atom. The van der Waals surface area contributed by atoms with Crippen molar-refractivity contribution in [2.45, 2.75) is 6.42 Å². The molecule has 0 aromatic heterocycles. The molecular formula is C13H15BrN2O3. The predicted molar refractivity (Wildman–Crippen MR) is 74.2 cm³/mol. The second-order valence-electron chi connectivity index (χ2n) is 4.28. The molecule has 1 aliphatic rings. The molecule has 0 saturated carbocycles. The predicted octanol–water partition coefficient (Wildman–Crippen LogP) is 1.42. The van der Waals surface area contributed by atoms with E-state index in [1.54, 1.807) is 30.2 Å². The lowest BCUT2D eigenvalue weighted by molar-refractivity contribution is -0.121. The summed E-state index contributed by atoms with van der Waals surface area (Å²) in [7, 11) is 1.55. The first-order valence-electron chi connectivity index (χ1n) is 6.01. The van der Waals surface area contributed by atoms with Crippen molar-refractivity contribution in [1.29, 1.82) is 0 Å². The molecule has 1 aromatic carbocycles. The average Bonchev–Trinajstić information content (AvgIpc) is 2.63. The summed E-state index contributed by atoms with van der Waals surface area (Å²) in [5, 5.41) is 2.75.